The van der Waals surface area contributed by atoms with Crippen molar-refractivity contribution < 1.29 is 9.26 Å². The largest absolute Gasteiger partial charge is 0.370 e. The molecule has 1 aromatic heterocycles. The number of hydrogen-bond donors (Lipinski definition) is 1. The van der Waals surface area contributed by atoms with Gasteiger partial charge in [0, 0.05) is 7.11 Å². The minimum Gasteiger partial charge on any atom is -0.370 e. The average molecular weight is 241 g/mol. The van der Waals surface area contributed by atoms with Crippen LogP contribution in [0.5, 0.6) is 0 Å². The second-order valence-corrected chi connectivity index (χ2v) is 4.63. The first-order valence-corrected chi connectivity index (χ1v) is 6.15. The minimum atomic E-state index is -0.460. The Labute approximate surface area is 103 Å². The van der Waals surface area contributed by atoms with Crippen LogP contribution in [-0.2, 0) is 10.3 Å². The van der Waals surface area contributed by atoms with E-state index in [0.717, 1.165) is 12.8 Å². The van der Waals surface area contributed by atoms with E-state index in [1.54, 1.807) is 7.11 Å². The van der Waals surface area contributed by atoms with Crippen molar-refractivity contribution in [2.75, 3.05) is 7.11 Å². The lowest BCUT2D eigenvalue weighted by Gasteiger charge is -2.26. The fourth-order valence-corrected chi connectivity index (χ4v) is 1.79. The molecule has 2 N–H and O–H groups in total. The number of nitrogens with two attached hydrogens (primary N) is 1. The van der Waals surface area contributed by atoms with Gasteiger partial charge >= 0.3 is 0 Å². The first-order valence-electron chi connectivity index (χ1n) is 6.15. The van der Waals surface area contributed by atoms with Crippen LogP contribution in [0.15, 0.2) is 4.52 Å². The third kappa shape index (κ3) is 2.66. The molecule has 0 aliphatic heterocycles. The quantitative estimate of drug-likeness (QED) is 0.827. The number of aromatic nitrogens is 2. The SMILES string of the molecule is CCC(CC)(OC)c1noc([C@H](N)C(C)C)n1. The summed E-state index contributed by atoms with van der Waals surface area (Å²) in [6.45, 7) is 8.15. The highest BCUT2D eigenvalue weighted by Gasteiger charge is 2.34. The second kappa shape index (κ2) is 5.60. The lowest BCUT2D eigenvalue weighted by molar-refractivity contribution is -0.0306. The molecular formula is C12H23N3O2. The Kier molecular flexibility index (Phi) is 4.65. The minimum absolute atomic E-state index is 0.223. The van der Waals surface area contributed by atoms with Crippen LogP contribution in [-0.4, -0.2) is 17.3 Å². The average Bonchev–Trinajstić information content (AvgIpc) is 2.81. The molecule has 0 saturated heterocycles. The third-order valence-electron chi connectivity index (χ3n) is 3.39. The van der Waals surface area contributed by atoms with Gasteiger partial charge in [0.25, 0.3) is 0 Å². The first-order chi connectivity index (χ1) is 8.00. The number of hydrogen-bond acceptors (Lipinski definition) is 5. The topological polar surface area (TPSA) is 74.2 Å². The Morgan fingerprint density at radius 1 is 1.35 bits per heavy atom. The number of nitrogens with zero attached hydrogens (tertiary/aromatic N) is 2. The predicted octanol–water partition coefficient (Wildman–Crippen LogP) is 2.39. The van der Waals surface area contributed by atoms with Gasteiger partial charge in [-0.2, -0.15) is 4.98 Å². The standard InChI is InChI=1S/C12H23N3O2/c1-6-12(7-2,16-5)11-14-10(17-15-11)9(13)8(3)4/h8-9H,6-7,13H2,1-5H3/t9-/m1/s1. The van der Waals surface area contributed by atoms with E-state index in [9.17, 15) is 0 Å². The molecule has 0 radical (unpaired) electrons. The molecule has 0 bridgehead atoms. The first kappa shape index (κ1) is 14.1. The molecule has 1 rings (SSSR count). The fourth-order valence-electron chi connectivity index (χ4n) is 1.79. The molecule has 1 heterocycles. The van der Waals surface area contributed by atoms with Gasteiger partial charge in [-0.3, -0.25) is 0 Å². The summed E-state index contributed by atoms with van der Waals surface area (Å²) >= 11 is 0. The molecule has 0 saturated carbocycles. The molecule has 0 spiro atoms. The predicted molar refractivity (Wildman–Crippen MR) is 65.3 cm³/mol. The van der Waals surface area contributed by atoms with Gasteiger partial charge in [0.15, 0.2) is 0 Å². The van der Waals surface area contributed by atoms with Crippen molar-refractivity contribution in [3.8, 4) is 0 Å². The van der Waals surface area contributed by atoms with Crippen LogP contribution in [0.4, 0.5) is 0 Å². The van der Waals surface area contributed by atoms with Crippen molar-refractivity contribution in [1.29, 1.82) is 0 Å². The van der Waals surface area contributed by atoms with E-state index in [-0.39, 0.29) is 12.0 Å². The maximum absolute atomic E-state index is 5.98. The Balaban J connectivity index is 3.00. The summed E-state index contributed by atoms with van der Waals surface area (Å²) in [4.78, 5) is 4.39. The highest BCUT2D eigenvalue weighted by atomic mass is 16.5. The molecule has 0 aliphatic rings. The molecule has 17 heavy (non-hydrogen) atoms. The zero-order chi connectivity index (χ0) is 13.1. The molecule has 0 aliphatic carbocycles. The van der Waals surface area contributed by atoms with E-state index in [2.05, 4.69) is 10.1 Å². The molecule has 98 valence electrons. The molecule has 0 unspecified atom stereocenters. The van der Waals surface area contributed by atoms with E-state index in [0.29, 0.717) is 11.7 Å². The van der Waals surface area contributed by atoms with Crippen LogP contribution in [0, 0.1) is 5.92 Å². The van der Waals surface area contributed by atoms with Gasteiger partial charge in [0.1, 0.15) is 5.60 Å². The molecule has 5 heteroatoms. The van der Waals surface area contributed by atoms with Crippen molar-refractivity contribution in [2.45, 2.75) is 52.2 Å². The smallest absolute Gasteiger partial charge is 0.243 e. The zero-order valence-electron chi connectivity index (χ0n) is 11.4. The van der Waals surface area contributed by atoms with Gasteiger partial charge in [-0.25, -0.2) is 0 Å². The van der Waals surface area contributed by atoms with Gasteiger partial charge in [-0.15, -0.1) is 0 Å². The van der Waals surface area contributed by atoms with Crippen LogP contribution in [0.3, 0.4) is 0 Å². The van der Waals surface area contributed by atoms with Crippen LogP contribution in [0.1, 0.15) is 58.3 Å². The van der Waals surface area contributed by atoms with Crippen molar-refractivity contribution in [3.63, 3.8) is 0 Å². The lowest BCUT2D eigenvalue weighted by atomic mass is 9.96. The molecule has 1 atom stereocenters. The Bertz CT molecular complexity index is 337. The zero-order valence-corrected chi connectivity index (χ0v) is 11.4. The summed E-state index contributed by atoms with van der Waals surface area (Å²) in [7, 11) is 1.67. The van der Waals surface area contributed by atoms with Crippen molar-refractivity contribution >= 4 is 0 Å². The molecular weight excluding hydrogens is 218 g/mol. The van der Waals surface area contributed by atoms with Crippen molar-refractivity contribution in [3.05, 3.63) is 11.7 Å². The summed E-state index contributed by atoms with van der Waals surface area (Å²) in [5.41, 5.74) is 5.52. The summed E-state index contributed by atoms with van der Waals surface area (Å²) < 4.78 is 10.8. The Morgan fingerprint density at radius 2 is 1.94 bits per heavy atom. The molecule has 0 aromatic carbocycles. The van der Waals surface area contributed by atoms with Crippen molar-refractivity contribution in [2.24, 2.45) is 11.7 Å². The van der Waals surface area contributed by atoms with E-state index in [4.69, 9.17) is 15.0 Å². The maximum atomic E-state index is 5.98. The fraction of sp³-hybridized carbons (Fsp3) is 0.833. The summed E-state index contributed by atoms with van der Waals surface area (Å²) in [5.74, 6) is 1.35. The van der Waals surface area contributed by atoms with E-state index in [1.807, 2.05) is 27.7 Å². The highest BCUT2D eigenvalue weighted by molar-refractivity contribution is 5.03. The number of rotatable bonds is 6. The van der Waals surface area contributed by atoms with Gasteiger partial charge in [0.2, 0.25) is 11.7 Å². The van der Waals surface area contributed by atoms with E-state index >= 15 is 0 Å². The highest BCUT2D eigenvalue weighted by Crippen LogP contribution is 2.31. The van der Waals surface area contributed by atoms with E-state index < -0.39 is 5.60 Å². The normalized spacial score (nSPS) is 14.3. The van der Waals surface area contributed by atoms with Crippen LogP contribution >= 0.6 is 0 Å². The number of methoxy groups -OCH3 is 1. The molecule has 1 aromatic rings. The van der Waals surface area contributed by atoms with E-state index in [1.165, 1.54) is 0 Å². The van der Waals surface area contributed by atoms with Gasteiger partial charge in [-0.05, 0) is 18.8 Å². The monoisotopic (exact) mass is 241 g/mol. The summed E-state index contributed by atoms with van der Waals surface area (Å²) in [5, 5.41) is 4.01. The molecule has 0 fully saturated rings. The van der Waals surface area contributed by atoms with Crippen molar-refractivity contribution in [1.82, 2.24) is 10.1 Å². The van der Waals surface area contributed by atoms with Crippen LogP contribution in [0.25, 0.3) is 0 Å². The molecule has 0 amide bonds. The van der Waals surface area contributed by atoms with Crippen LogP contribution < -0.4 is 5.73 Å². The van der Waals surface area contributed by atoms with Gasteiger partial charge in [0.05, 0.1) is 6.04 Å². The Hall–Kier alpha value is -0.940. The van der Waals surface area contributed by atoms with Gasteiger partial charge < -0.3 is 15.0 Å². The van der Waals surface area contributed by atoms with Crippen LogP contribution in [0.2, 0.25) is 0 Å². The van der Waals surface area contributed by atoms with Gasteiger partial charge in [-0.1, -0.05) is 32.9 Å². The second-order valence-electron chi connectivity index (χ2n) is 4.63. The Morgan fingerprint density at radius 3 is 2.35 bits per heavy atom. The maximum Gasteiger partial charge on any atom is 0.243 e. The lowest BCUT2D eigenvalue weighted by Crippen LogP contribution is -2.28. The summed E-state index contributed by atoms with van der Waals surface area (Å²) in [6.07, 6.45) is 1.60. The molecule has 5 nitrogen and oxygen atoms in total. The summed E-state index contributed by atoms with van der Waals surface area (Å²) in [6, 6.07) is -0.223. The third-order valence-corrected chi connectivity index (χ3v) is 3.39. The number of ether oxygens (including phenoxy) is 1.